The number of hydrogen-bond donors (Lipinski definition) is 0. The fourth-order valence-corrected chi connectivity index (χ4v) is 5.55. The van der Waals surface area contributed by atoms with Gasteiger partial charge in [-0.05, 0) is 42.7 Å². The minimum absolute atomic E-state index is 0.0542. The van der Waals surface area contributed by atoms with Gasteiger partial charge in [-0.15, -0.1) is 0 Å². The Labute approximate surface area is 176 Å². The van der Waals surface area contributed by atoms with Gasteiger partial charge in [-0.25, -0.2) is 8.42 Å². The van der Waals surface area contributed by atoms with Crippen LogP contribution >= 0.6 is 0 Å². The van der Waals surface area contributed by atoms with Gasteiger partial charge in [-0.2, -0.15) is 4.31 Å². The van der Waals surface area contributed by atoms with Crippen LogP contribution < -0.4 is 4.90 Å². The third-order valence-electron chi connectivity index (χ3n) is 5.76. The first-order valence-electron chi connectivity index (χ1n) is 10.1. The number of para-hydroxylation sites is 1. The fourth-order valence-electron chi connectivity index (χ4n) is 4.08. The lowest BCUT2D eigenvalue weighted by Gasteiger charge is -2.33. The molecule has 2 aliphatic heterocycles. The van der Waals surface area contributed by atoms with Crippen LogP contribution in [0.5, 0.6) is 0 Å². The van der Waals surface area contributed by atoms with Crippen molar-refractivity contribution in [3.05, 3.63) is 59.7 Å². The minimum atomic E-state index is -3.73. The van der Waals surface area contributed by atoms with Crippen LogP contribution in [0.25, 0.3) is 0 Å². The van der Waals surface area contributed by atoms with Crippen LogP contribution in [0.3, 0.4) is 0 Å². The van der Waals surface area contributed by atoms with Gasteiger partial charge in [0, 0.05) is 50.9 Å². The molecule has 0 saturated carbocycles. The number of carbonyl (C=O) groups excluding carboxylic acids is 2. The Hall–Kier alpha value is -2.71. The minimum Gasteiger partial charge on any atom is -0.340 e. The predicted molar refractivity (Wildman–Crippen MR) is 114 cm³/mol. The van der Waals surface area contributed by atoms with Gasteiger partial charge in [0.15, 0.2) is 0 Å². The molecule has 2 amide bonds. The van der Waals surface area contributed by atoms with Gasteiger partial charge in [-0.3, -0.25) is 9.59 Å². The molecule has 1 saturated heterocycles. The first kappa shape index (κ1) is 20.6. The lowest BCUT2D eigenvalue weighted by molar-refractivity contribution is -0.129. The molecular weight excluding hydrogens is 402 g/mol. The summed E-state index contributed by atoms with van der Waals surface area (Å²) in [5, 5.41) is 0. The van der Waals surface area contributed by atoms with E-state index in [1.165, 1.54) is 23.4 Å². The molecule has 2 aliphatic rings. The Morgan fingerprint density at radius 2 is 1.63 bits per heavy atom. The van der Waals surface area contributed by atoms with E-state index in [9.17, 15) is 18.0 Å². The zero-order valence-corrected chi connectivity index (χ0v) is 17.8. The maximum absolute atomic E-state index is 13.2. The summed E-state index contributed by atoms with van der Waals surface area (Å²) in [5.74, 6) is -0.248. The fraction of sp³-hybridized carbons (Fsp3) is 0.364. The standard InChI is InChI=1S/C22H25N3O4S/c1-17(26)23-12-14-24(15-13-23)30(28,29)20-9-4-7-19(16-20)22(27)25-11-5-8-18-6-2-3-10-21(18)25/h2-4,6-7,9-10,16H,5,8,11-15H2,1H3. The highest BCUT2D eigenvalue weighted by atomic mass is 32.2. The summed E-state index contributed by atoms with van der Waals surface area (Å²) in [6, 6.07) is 14.1. The van der Waals surface area contributed by atoms with E-state index in [1.807, 2.05) is 24.3 Å². The summed E-state index contributed by atoms with van der Waals surface area (Å²) in [6.07, 6.45) is 1.81. The van der Waals surface area contributed by atoms with E-state index in [-0.39, 0.29) is 29.8 Å². The summed E-state index contributed by atoms with van der Waals surface area (Å²) in [4.78, 5) is 28.2. The number of anilines is 1. The van der Waals surface area contributed by atoms with Crippen molar-refractivity contribution in [2.75, 3.05) is 37.6 Å². The lowest BCUT2D eigenvalue weighted by atomic mass is 10.0. The van der Waals surface area contributed by atoms with E-state index in [4.69, 9.17) is 0 Å². The molecule has 2 heterocycles. The Morgan fingerprint density at radius 3 is 2.37 bits per heavy atom. The molecule has 0 aromatic heterocycles. The molecule has 0 spiro atoms. The highest BCUT2D eigenvalue weighted by Crippen LogP contribution is 2.29. The predicted octanol–water partition coefficient (Wildman–Crippen LogP) is 2.13. The van der Waals surface area contributed by atoms with E-state index in [0.717, 1.165) is 24.1 Å². The van der Waals surface area contributed by atoms with Crippen LogP contribution in [0, 0.1) is 0 Å². The normalized spacial score (nSPS) is 17.5. The van der Waals surface area contributed by atoms with Crippen LogP contribution in [-0.4, -0.2) is 62.2 Å². The number of fused-ring (bicyclic) bond motifs is 1. The third kappa shape index (κ3) is 3.85. The van der Waals surface area contributed by atoms with Crippen molar-refractivity contribution in [1.82, 2.24) is 9.21 Å². The topological polar surface area (TPSA) is 78.0 Å². The lowest BCUT2D eigenvalue weighted by Crippen LogP contribution is -2.49. The summed E-state index contributed by atoms with van der Waals surface area (Å²) in [7, 11) is -3.73. The van der Waals surface area contributed by atoms with Gasteiger partial charge in [0.1, 0.15) is 0 Å². The van der Waals surface area contributed by atoms with E-state index < -0.39 is 10.0 Å². The number of piperazine rings is 1. The van der Waals surface area contributed by atoms with Gasteiger partial charge >= 0.3 is 0 Å². The number of carbonyl (C=O) groups is 2. The number of benzene rings is 2. The Morgan fingerprint density at radius 1 is 0.900 bits per heavy atom. The molecule has 158 valence electrons. The molecule has 7 nitrogen and oxygen atoms in total. The zero-order valence-electron chi connectivity index (χ0n) is 17.0. The molecule has 30 heavy (non-hydrogen) atoms. The number of rotatable bonds is 3. The van der Waals surface area contributed by atoms with Crippen molar-refractivity contribution in [2.45, 2.75) is 24.7 Å². The van der Waals surface area contributed by atoms with Crippen molar-refractivity contribution < 1.29 is 18.0 Å². The molecule has 0 bridgehead atoms. The van der Waals surface area contributed by atoms with Gasteiger partial charge in [0.05, 0.1) is 4.90 Å². The molecule has 2 aromatic carbocycles. The van der Waals surface area contributed by atoms with E-state index in [1.54, 1.807) is 21.9 Å². The molecule has 0 radical (unpaired) electrons. The maximum Gasteiger partial charge on any atom is 0.258 e. The van der Waals surface area contributed by atoms with E-state index in [0.29, 0.717) is 25.2 Å². The SMILES string of the molecule is CC(=O)N1CCN(S(=O)(=O)c2cccc(C(=O)N3CCCc4ccccc43)c2)CC1. The Bertz CT molecular complexity index is 1080. The van der Waals surface area contributed by atoms with Crippen LogP contribution in [-0.2, 0) is 21.2 Å². The first-order chi connectivity index (χ1) is 14.4. The number of aryl methyl sites for hydroxylation is 1. The number of sulfonamides is 1. The quantitative estimate of drug-likeness (QED) is 0.752. The second-order valence-electron chi connectivity index (χ2n) is 7.63. The van der Waals surface area contributed by atoms with Gasteiger partial charge in [0.2, 0.25) is 15.9 Å². The largest absolute Gasteiger partial charge is 0.340 e. The summed E-state index contributed by atoms with van der Waals surface area (Å²) < 4.78 is 27.6. The molecule has 0 N–H and O–H groups in total. The molecule has 0 unspecified atom stereocenters. The molecule has 2 aromatic rings. The highest BCUT2D eigenvalue weighted by Gasteiger charge is 2.30. The second kappa shape index (κ2) is 8.20. The highest BCUT2D eigenvalue weighted by molar-refractivity contribution is 7.89. The van der Waals surface area contributed by atoms with Gasteiger partial charge in [0.25, 0.3) is 5.91 Å². The number of nitrogens with zero attached hydrogens (tertiary/aromatic N) is 3. The number of hydrogen-bond acceptors (Lipinski definition) is 4. The average molecular weight is 428 g/mol. The third-order valence-corrected chi connectivity index (χ3v) is 7.65. The van der Waals surface area contributed by atoms with Crippen LogP contribution in [0.2, 0.25) is 0 Å². The summed E-state index contributed by atoms with van der Waals surface area (Å²) >= 11 is 0. The average Bonchev–Trinajstić information content (AvgIpc) is 2.78. The molecule has 0 atom stereocenters. The van der Waals surface area contributed by atoms with E-state index >= 15 is 0 Å². The van der Waals surface area contributed by atoms with Crippen molar-refractivity contribution in [3.8, 4) is 0 Å². The smallest absolute Gasteiger partial charge is 0.258 e. The van der Waals surface area contributed by atoms with Gasteiger partial charge in [-0.1, -0.05) is 24.3 Å². The van der Waals surface area contributed by atoms with Crippen molar-refractivity contribution in [2.24, 2.45) is 0 Å². The van der Waals surface area contributed by atoms with Crippen molar-refractivity contribution in [1.29, 1.82) is 0 Å². The van der Waals surface area contributed by atoms with E-state index in [2.05, 4.69) is 0 Å². The summed E-state index contributed by atoms with van der Waals surface area (Å²) in [5.41, 5.74) is 2.38. The number of amides is 2. The van der Waals surface area contributed by atoms with Crippen LogP contribution in [0.15, 0.2) is 53.4 Å². The van der Waals surface area contributed by atoms with Crippen molar-refractivity contribution >= 4 is 27.5 Å². The molecule has 8 heteroatoms. The van der Waals surface area contributed by atoms with Crippen LogP contribution in [0.4, 0.5) is 5.69 Å². The molecule has 4 rings (SSSR count). The summed E-state index contributed by atoms with van der Waals surface area (Å²) in [6.45, 7) is 3.34. The van der Waals surface area contributed by atoms with Crippen molar-refractivity contribution in [3.63, 3.8) is 0 Å². The van der Waals surface area contributed by atoms with Crippen LogP contribution in [0.1, 0.15) is 29.3 Å². The molecule has 1 fully saturated rings. The maximum atomic E-state index is 13.2. The Balaban J connectivity index is 1.57. The zero-order chi connectivity index (χ0) is 21.3. The second-order valence-corrected chi connectivity index (χ2v) is 9.56. The van der Waals surface area contributed by atoms with Gasteiger partial charge < -0.3 is 9.80 Å². The Kier molecular flexibility index (Phi) is 5.62. The monoisotopic (exact) mass is 427 g/mol. The molecular formula is C22H25N3O4S. The first-order valence-corrected chi connectivity index (χ1v) is 11.6. The molecule has 0 aliphatic carbocycles.